The van der Waals surface area contributed by atoms with Gasteiger partial charge in [-0.2, -0.15) is 0 Å². The SMILES string of the molecule is O=C(NC1=NCCS1)C(=O)N1CCN(C(c2ccccc2)c2ccccc2)CC1. The third-order valence-electron chi connectivity index (χ3n) is 5.20. The van der Waals surface area contributed by atoms with Crippen molar-refractivity contribution in [3.05, 3.63) is 71.8 Å². The number of amides is 2. The maximum atomic E-state index is 12.5. The lowest BCUT2D eigenvalue weighted by Gasteiger charge is -2.39. The zero-order valence-electron chi connectivity index (χ0n) is 16.2. The van der Waals surface area contributed by atoms with Gasteiger partial charge in [0.2, 0.25) is 0 Å². The number of carbonyl (C=O) groups excluding carboxylic acids is 2. The molecule has 1 saturated heterocycles. The number of benzene rings is 2. The topological polar surface area (TPSA) is 65.0 Å². The molecular weight excluding hydrogens is 384 g/mol. The number of nitrogens with zero attached hydrogens (tertiary/aromatic N) is 3. The second kappa shape index (κ2) is 9.24. The van der Waals surface area contributed by atoms with Crippen LogP contribution in [0.25, 0.3) is 0 Å². The van der Waals surface area contributed by atoms with E-state index in [9.17, 15) is 9.59 Å². The molecule has 0 bridgehead atoms. The molecule has 1 fully saturated rings. The van der Waals surface area contributed by atoms with E-state index in [0.717, 1.165) is 5.75 Å². The van der Waals surface area contributed by atoms with E-state index >= 15 is 0 Å². The summed E-state index contributed by atoms with van der Waals surface area (Å²) in [5.41, 5.74) is 2.46. The Balaban J connectivity index is 1.43. The molecule has 0 spiro atoms. The van der Waals surface area contributed by atoms with Gasteiger partial charge in [0.25, 0.3) is 0 Å². The van der Waals surface area contributed by atoms with Crippen molar-refractivity contribution in [2.75, 3.05) is 38.5 Å². The van der Waals surface area contributed by atoms with Crippen molar-refractivity contribution in [1.29, 1.82) is 0 Å². The number of carbonyl (C=O) groups is 2. The van der Waals surface area contributed by atoms with Gasteiger partial charge in [-0.05, 0) is 11.1 Å². The van der Waals surface area contributed by atoms with Crippen molar-refractivity contribution in [2.24, 2.45) is 4.99 Å². The number of hydrogen-bond donors (Lipinski definition) is 1. The van der Waals surface area contributed by atoms with Gasteiger partial charge in [-0.15, -0.1) is 0 Å². The summed E-state index contributed by atoms with van der Waals surface area (Å²) in [6, 6.07) is 21.0. The monoisotopic (exact) mass is 408 g/mol. The fraction of sp³-hybridized carbons (Fsp3) is 0.318. The van der Waals surface area contributed by atoms with E-state index in [1.165, 1.54) is 22.9 Å². The molecule has 4 rings (SSSR count). The van der Waals surface area contributed by atoms with Crippen molar-refractivity contribution in [3.63, 3.8) is 0 Å². The minimum atomic E-state index is -0.589. The second-order valence-electron chi connectivity index (χ2n) is 7.04. The number of rotatable bonds is 3. The van der Waals surface area contributed by atoms with Crippen molar-refractivity contribution >= 4 is 28.7 Å². The van der Waals surface area contributed by atoms with Crippen molar-refractivity contribution < 1.29 is 9.59 Å². The van der Waals surface area contributed by atoms with E-state index < -0.39 is 11.8 Å². The first-order valence-electron chi connectivity index (χ1n) is 9.84. The Kier molecular flexibility index (Phi) is 6.27. The molecule has 1 N–H and O–H groups in total. The lowest BCUT2D eigenvalue weighted by Crippen LogP contribution is -2.53. The van der Waals surface area contributed by atoms with Crippen molar-refractivity contribution in [3.8, 4) is 0 Å². The van der Waals surface area contributed by atoms with Gasteiger partial charge in [-0.25, -0.2) is 0 Å². The van der Waals surface area contributed by atoms with Crippen LogP contribution < -0.4 is 5.32 Å². The van der Waals surface area contributed by atoms with Crippen molar-refractivity contribution in [2.45, 2.75) is 6.04 Å². The zero-order valence-corrected chi connectivity index (χ0v) is 17.0. The lowest BCUT2D eigenvalue weighted by atomic mass is 9.96. The second-order valence-corrected chi connectivity index (χ2v) is 8.13. The van der Waals surface area contributed by atoms with Crippen LogP contribution in [0.1, 0.15) is 17.2 Å². The van der Waals surface area contributed by atoms with Gasteiger partial charge in [0.1, 0.15) is 0 Å². The lowest BCUT2D eigenvalue weighted by molar-refractivity contribution is -0.146. The molecule has 0 aromatic heterocycles. The average molecular weight is 409 g/mol. The van der Waals surface area contributed by atoms with E-state index in [2.05, 4.69) is 63.7 Å². The smallest absolute Gasteiger partial charge is 0.315 e. The summed E-state index contributed by atoms with van der Waals surface area (Å²) >= 11 is 1.47. The zero-order chi connectivity index (χ0) is 20.1. The Morgan fingerprint density at radius 1 is 0.897 bits per heavy atom. The average Bonchev–Trinajstić information content (AvgIpc) is 3.28. The minimum Gasteiger partial charge on any atom is -0.332 e. The number of thioether (sulfide) groups is 1. The van der Waals surface area contributed by atoms with Crippen molar-refractivity contribution in [1.82, 2.24) is 15.1 Å². The van der Waals surface area contributed by atoms with Crippen LogP contribution in [0, 0.1) is 0 Å². The van der Waals surface area contributed by atoms with Gasteiger partial charge >= 0.3 is 11.8 Å². The van der Waals surface area contributed by atoms with Crippen LogP contribution in [0.5, 0.6) is 0 Å². The normalized spacial score (nSPS) is 17.3. The Morgan fingerprint density at radius 3 is 2.00 bits per heavy atom. The molecule has 150 valence electrons. The maximum absolute atomic E-state index is 12.5. The maximum Gasteiger partial charge on any atom is 0.315 e. The van der Waals surface area contributed by atoms with Gasteiger partial charge in [0.15, 0.2) is 5.17 Å². The van der Waals surface area contributed by atoms with Crippen LogP contribution in [-0.4, -0.2) is 65.3 Å². The molecule has 7 heteroatoms. The molecule has 0 radical (unpaired) electrons. The summed E-state index contributed by atoms with van der Waals surface area (Å²) in [6.07, 6.45) is 0. The van der Waals surface area contributed by atoms with E-state index in [1.54, 1.807) is 4.90 Å². The van der Waals surface area contributed by atoms with Crippen LogP contribution in [0.2, 0.25) is 0 Å². The van der Waals surface area contributed by atoms with Crippen LogP contribution in [0.3, 0.4) is 0 Å². The largest absolute Gasteiger partial charge is 0.332 e. The Bertz CT molecular complexity index is 841. The quantitative estimate of drug-likeness (QED) is 0.791. The molecule has 2 aromatic rings. The third-order valence-corrected chi connectivity index (χ3v) is 6.09. The summed E-state index contributed by atoms with van der Waals surface area (Å²) in [6.45, 7) is 3.17. The number of aliphatic imine (C=N–C) groups is 1. The Labute approximate surface area is 175 Å². The Morgan fingerprint density at radius 2 is 1.48 bits per heavy atom. The highest BCUT2D eigenvalue weighted by Crippen LogP contribution is 2.29. The number of hydrogen-bond acceptors (Lipinski definition) is 5. The standard InChI is InChI=1S/C22H24N4O2S/c27-20(24-22-23-11-16-29-22)21(28)26-14-12-25(13-15-26)19(17-7-3-1-4-8-17)18-9-5-2-6-10-18/h1-10,19H,11-16H2,(H,23,24,27). The molecule has 6 nitrogen and oxygen atoms in total. The molecule has 2 aliphatic rings. The molecule has 2 aliphatic heterocycles. The predicted octanol–water partition coefficient (Wildman–Crippen LogP) is 2.14. The van der Waals surface area contributed by atoms with Gasteiger partial charge in [0.05, 0.1) is 12.6 Å². The highest BCUT2D eigenvalue weighted by molar-refractivity contribution is 8.14. The van der Waals surface area contributed by atoms with E-state index in [1.807, 2.05) is 12.1 Å². The first kappa shape index (κ1) is 19.7. The number of piperazine rings is 1. The van der Waals surface area contributed by atoms with Gasteiger partial charge in [0, 0.05) is 31.9 Å². The summed E-state index contributed by atoms with van der Waals surface area (Å²) in [4.78, 5) is 33.0. The van der Waals surface area contributed by atoms with E-state index in [-0.39, 0.29) is 6.04 Å². The van der Waals surface area contributed by atoms with E-state index in [0.29, 0.717) is 37.9 Å². The number of amidine groups is 1. The molecule has 2 aromatic carbocycles. The minimum absolute atomic E-state index is 0.132. The fourth-order valence-corrected chi connectivity index (χ4v) is 4.50. The summed E-state index contributed by atoms with van der Waals surface area (Å²) < 4.78 is 0. The number of nitrogens with one attached hydrogen (secondary N) is 1. The Hall–Kier alpha value is -2.64. The van der Waals surface area contributed by atoms with E-state index in [4.69, 9.17) is 0 Å². The molecule has 29 heavy (non-hydrogen) atoms. The summed E-state index contributed by atoms with van der Waals surface area (Å²) in [5.74, 6) is -0.215. The summed E-state index contributed by atoms with van der Waals surface area (Å²) in [7, 11) is 0. The highest BCUT2D eigenvalue weighted by Gasteiger charge is 2.31. The molecule has 0 saturated carbocycles. The predicted molar refractivity (Wildman–Crippen MR) is 116 cm³/mol. The molecule has 0 aliphatic carbocycles. The van der Waals surface area contributed by atoms with Gasteiger partial charge < -0.3 is 4.90 Å². The highest BCUT2D eigenvalue weighted by atomic mass is 32.2. The van der Waals surface area contributed by atoms with Crippen LogP contribution in [0.15, 0.2) is 65.7 Å². The summed E-state index contributed by atoms with van der Waals surface area (Å²) in [5, 5.41) is 3.18. The molecule has 0 unspecified atom stereocenters. The van der Waals surface area contributed by atoms with Gasteiger partial charge in [-0.1, -0.05) is 72.4 Å². The first-order valence-corrected chi connectivity index (χ1v) is 10.8. The van der Waals surface area contributed by atoms with Crippen LogP contribution >= 0.6 is 11.8 Å². The fourth-order valence-electron chi connectivity index (χ4n) is 3.77. The van der Waals surface area contributed by atoms with Gasteiger partial charge in [-0.3, -0.25) is 24.8 Å². The molecule has 0 atom stereocenters. The molecule has 2 amide bonds. The first-order chi connectivity index (χ1) is 14.2. The molecular formula is C22H24N4O2S. The molecule has 2 heterocycles. The third kappa shape index (κ3) is 4.68. The van der Waals surface area contributed by atoms with Crippen LogP contribution in [0.4, 0.5) is 0 Å². The van der Waals surface area contributed by atoms with Crippen LogP contribution in [-0.2, 0) is 9.59 Å².